The summed E-state index contributed by atoms with van der Waals surface area (Å²) in [5, 5.41) is 42.5. The van der Waals surface area contributed by atoms with E-state index in [-0.39, 0.29) is 257 Å². The molecule has 6 aromatic rings. The van der Waals surface area contributed by atoms with Gasteiger partial charge in [0.1, 0.15) is 11.6 Å². The predicted octanol–water partition coefficient (Wildman–Crippen LogP) is 18.4. The SMILES string of the molecule is CB=O.CB=O.CB=O.NCCC(=O)N1Cc2ccccc2C#Cc2ccccc21.O.O.O.O.O.O=C(O)CCC(=O)CCCC(=O)N1Cc2ccccc2C#Cc2ccccc21.O=C(O)CCC(=O)CCCOCCC(=O)NCCC(=O)N1Cc2ccccc2C#Cc2ccccc21.O=C(O)CCC(=O)O.O=[C-]O.[2H]CN.[2H][CH2-].[2H][Pt].[Cl][Pt+2][Cl].[Cl][Pt+2][Cl].[Cl][Pt+2][Cl].[Cl][Pt+2][Cl].[Cl][Pt+2][Cl].[NH2-].[NH2-].[NH2-].[NH2-].[NH2-].[NH2-].[NH2-].[NH2-].[NH2-].[NH2-].[Pt].[Pt]. The van der Waals surface area contributed by atoms with Crippen LogP contribution in [0.25, 0.3) is 61.5 Å². The summed E-state index contributed by atoms with van der Waals surface area (Å²) in [5.41, 5.74) is 20.7. The first kappa shape index (κ1) is 188. The zero-order valence-corrected chi connectivity index (χ0v) is 101. The van der Waals surface area contributed by atoms with E-state index >= 15 is 0 Å². The molecule has 9 rings (SSSR count). The van der Waals surface area contributed by atoms with E-state index in [1.54, 1.807) is 14.7 Å². The topological polar surface area (TPSA) is 916 Å². The minimum atomic E-state index is -1.08. The molecule has 0 aromatic heterocycles. The molecule has 0 bridgehead atoms. The van der Waals surface area contributed by atoms with Crippen LogP contribution in [0.1, 0.15) is 143 Å². The number of aliphatic hydroxyl groups excluding tert-OH is 1. The minimum absolute atomic E-state index is 0. The number of anilines is 3. The van der Waals surface area contributed by atoms with Gasteiger partial charge < -0.3 is 163 Å². The van der Waals surface area contributed by atoms with Gasteiger partial charge in [0.05, 0.1) is 69.0 Å². The van der Waals surface area contributed by atoms with Gasteiger partial charge in [-0.15, -0.1) is 0 Å². The fourth-order valence-electron chi connectivity index (χ4n) is 9.58. The largest absolute Gasteiger partial charge is 0.693 e. The van der Waals surface area contributed by atoms with Gasteiger partial charge in [-0.25, -0.2) is 1.37 Å². The summed E-state index contributed by atoms with van der Waals surface area (Å²) in [6, 6.07) is 46.3. The second-order valence-corrected chi connectivity index (χ2v) is 38.8. The van der Waals surface area contributed by atoms with Crippen LogP contribution in [0, 0.1) is 42.9 Å². The number of aliphatic carboxylic acids is 4. The normalized spacial score (nSPS) is 8.98. The molecule has 0 radical (unpaired) electrons. The van der Waals surface area contributed by atoms with Crippen molar-refractivity contribution in [1.29, 1.82) is 0.749 Å². The maximum atomic E-state index is 13.1. The van der Waals surface area contributed by atoms with Crippen molar-refractivity contribution in [2.45, 2.75) is 130 Å². The van der Waals surface area contributed by atoms with Crippen LogP contribution in [-0.4, -0.2) is 174 Å². The molecule has 0 spiro atoms. The number of nitrogens with two attached hydrogens (primary N) is 12. The second-order valence-electron chi connectivity index (χ2n) is 22.3. The molecule has 0 saturated heterocycles. The molecule has 0 atom stereocenters. The number of halogens is 10. The molecule has 40 N–H and O–H groups in total. The average Bonchev–Trinajstić information content (AvgIpc) is 0.815. The van der Waals surface area contributed by atoms with E-state index in [1.165, 1.54) is 41.4 Å². The van der Waals surface area contributed by atoms with Gasteiger partial charge in [-0.1, -0.05) is 133 Å². The van der Waals surface area contributed by atoms with Gasteiger partial charge in [0.25, 0.3) is 0 Å². The number of carbonyl (C=O) groups is 10. The number of hydrogen-bond donors (Lipinski definition) is 8. The molecule has 0 aliphatic carbocycles. The molecule has 3 aliphatic rings. The van der Waals surface area contributed by atoms with Gasteiger partial charge in [-0.05, 0) is 91.2 Å². The number of amides is 4. The maximum absolute atomic E-state index is 13.1. The summed E-state index contributed by atoms with van der Waals surface area (Å²) >= 11 is -0.972. The van der Waals surface area contributed by atoms with Gasteiger partial charge in [-0.2, -0.15) is 0 Å². The fourth-order valence-corrected chi connectivity index (χ4v) is 9.58. The number of hydrogen-bond acceptors (Lipinski definition) is 17. The summed E-state index contributed by atoms with van der Waals surface area (Å²) in [6.45, 7) is 7.28. The summed E-state index contributed by atoms with van der Waals surface area (Å²) in [5.74, 6) is 14.3. The maximum Gasteiger partial charge on any atom is 0 e. The quantitative estimate of drug-likeness (QED) is 0.0114. The van der Waals surface area contributed by atoms with Crippen LogP contribution in [0.2, 0.25) is 20.5 Å². The first-order valence-electron chi connectivity index (χ1n) is 36.5. The van der Waals surface area contributed by atoms with E-state index in [9.17, 15) is 47.9 Å². The van der Waals surface area contributed by atoms with Crippen molar-refractivity contribution in [3.05, 3.63) is 265 Å². The molecule has 3 aliphatic heterocycles. The Balaban J connectivity index is -0.0000000548. The minimum Gasteiger partial charge on any atom is -0.693 e. The van der Waals surface area contributed by atoms with Crippen LogP contribution in [0.5, 0.6) is 0 Å². The first-order valence-corrected chi connectivity index (χ1v) is 63.0. The van der Waals surface area contributed by atoms with Gasteiger partial charge in [0.2, 0.25) is 23.6 Å². The number of fused-ring (bicyclic) bond motifs is 6. The molecule has 141 heavy (non-hydrogen) atoms. The zero-order chi connectivity index (χ0) is 98.0. The van der Waals surface area contributed by atoms with Crippen LogP contribution in [0.15, 0.2) is 146 Å². The van der Waals surface area contributed by atoms with Crippen molar-refractivity contribution < 1.29 is 273 Å². The van der Waals surface area contributed by atoms with Gasteiger partial charge >= 0.3 is 278 Å². The third kappa shape index (κ3) is 106. The number of Topliss-reactive ketones (excluding diaryl/α,β-unsaturated/α-hetero) is 2. The van der Waals surface area contributed by atoms with Crippen molar-refractivity contribution in [1.82, 2.24) is 5.32 Å². The first-order chi connectivity index (χ1) is 61.0. The molecule has 4 amide bonds. The molecular weight excluding hydrogens is 3520 g/mol. The summed E-state index contributed by atoms with van der Waals surface area (Å²) < 4.78 is 49.0. The van der Waals surface area contributed by atoms with E-state index in [1.807, 2.05) is 146 Å². The smallest absolute Gasteiger partial charge is 0 e. The zero-order valence-electron chi connectivity index (χ0n) is 78.3. The fraction of sp³-hybridized carbons (Fsp3) is 0.316. The number of benzene rings is 6. The third-order valence-corrected chi connectivity index (χ3v) is 14.4. The van der Waals surface area contributed by atoms with Crippen molar-refractivity contribution in [3.63, 3.8) is 0 Å². The molecule has 0 fully saturated rings. The number of nitrogens with zero attached hydrogens (tertiary/aromatic N) is 3. The van der Waals surface area contributed by atoms with Crippen LogP contribution in [0.4, 0.5) is 17.1 Å². The Hall–Kier alpha value is -4.15. The molecular formula is C79H122B3Cl10N16O25Pt8-2. The Bertz CT molecular complexity index is 4360. The number of rotatable bonds is 25. The van der Waals surface area contributed by atoms with Crippen molar-refractivity contribution in [2.75, 3.05) is 48.0 Å². The van der Waals surface area contributed by atoms with Crippen molar-refractivity contribution in [3.8, 4) is 35.5 Å². The Labute approximate surface area is 955 Å². The van der Waals surface area contributed by atoms with E-state index in [4.69, 9.17) is 153 Å². The number of carboxylic acids is 4. The summed E-state index contributed by atoms with van der Waals surface area (Å²) in [7, 11) is 53.5. The monoisotopic (exact) mass is 3640 g/mol. The Morgan fingerprint density at radius 1 is 0.411 bits per heavy atom. The molecule has 0 saturated carbocycles. The molecule has 3 heterocycles. The number of ketones is 2. The summed E-state index contributed by atoms with van der Waals surface area (Å²) in [6.07, 6.45) is 1.35. The van der Waals surface area contributed by atoms with E-state index in [0.29, 0.717) is 58.5 Å². The third-order valence-electron chi connectivity index (χ3n) is 14.4. The molecule has 6 aromatic carbocycles. The van der Waals surface area contributed by atoms with Crippen LogP contribution in [-0.2, 0) is 237 Å². The van der Waals surface area contributed by atoms with Gasteiger partial charge in [-0.3, -0.25) is 47.9 Å². The average molecular weight is 3650 g/mol. The molecule has 41 nitrogen and oxygen atoms in total. The molecule has 829 valence electrons. The standard InChI is InChI=1S/C28H30N2O6.C23H21NO4.C18H16N2O.C4H6O4.3CH3BO.CH5N.CHO2.CH3.10ClH.10H2N.5H2O.8Pt.H/c31-24(13-14-28(34)35)9-5-18-36-19-16-26(32)29-17-15-27(33)30-20-23-8-2-1-6-21(23)11-12-22-7-3-4-10-25(22)30;25-20(14-15-23(27)28)9-5-11-22(26)24-16-19-8-2-1-6-17(19)12-13-18-7-3-4-10-21(18)24;19-12-11-18(21)20-13-16-7-2-1-5-14(16)9-10-15-6-3-4-8-17(15)20;5-3(6)1-2-4(7)8;3*1-2-3;1-2;2-1-3;;;;;;;;;;;;;;;;;;;;;;;;;;;;;;;;;;;/h1-4,6-8,10H,5,9,13-20H2,(H,29,32)(H,34,35);1-4,6-8,10H,5,9,11,14-16H2,(H,27,28);1-8H,11-13,19H2;1-2H2,(H,5,6)(H,7,8);3*1H3;2H2,1H3;(H,2,3);1H3;10*1H;15*1H2;;;;;;;;;/q;;;;;;;;2*-1;;;;;;;;;;;10*-1;;;;;;;;;5*+4;/p-10/i;;;;;;;1D;;1D;;;;;;;;;;;;;;;;;;;;;;;;;;;;;;;;;;1+1. The van der Waals surface area contributed by atoms with Gasteiger partial charge in [0, 0.05) is 148 Å². The number of carbonyl (C=O) groups excluding carboxylic acids is 6. The molecule has 62 heteroatoms. The van der Waals surface area contributed by atoms with E-state index < -0.39 is 106 Å². The molecule has 0 unspecified atom stereocenters. The van der Waals surface area contributed by atoms with E-state index in [0.717, 1.165) is 88.6 Å². The Morgan fingerprint density at radius 2 is 0.624 bits per heavy atom. The van der Waals surface area contributed by atoms with Crippen molar-refractivity contribution >= 4 is 198 Å². The predicted molar refractivity (Wildman–Crippen MR) is 541 cm³/mol. The van der Waals surface area contributed by atoms with Crippen LogP contribution < -0.4 is 31.5 Å². The Morgan fingerprint density at radius 3 is 0.879 bits per heavy atom. The van der Waals surface area contributed by atoms with Crippen LogP contribution >= 0.6 is 94.2 Å². The number of ether oxygens (including phenoxy) is 1. The summed E-state index contributed by atoms with van der Waals surface area (Å²) in [4.78, 5) is 128. The number of nitrogens with one attached hydrogen (secondary N) is 1. The van der Waals surface area contributed by atoms with Gasteiger partial charge in [0.15, 0.2) is 0 Å². The second kappa shape index (κ2) is 140. The number of carboxylic acid groups (broad SMARTS) is 4. The Kier molecular flexibility index (Phi) is 187. The van der Waals surface area contributed by atoms with Crippen molar-refractivity contribution in [2.24, 2.45) is 11.5 Å². The number of para-hydroxylation sites is 3. The van der Waals surface area contributed by atoms with Crippen LogP contribution in [0.3, 0.4) is 0 Å². The van der Waals surface area contributed by atoms with E-state index in [2.05, 4.69) is 54.0 Å².